The second kappa shape index (κ2) is 8.43. The second-order valence-electron chi connectivity index (χ2n) is 6.58. The highest BCUT2D eigenvalue weighted by Gasteiger charge is 2.28. The Kier molecular flexibility index (Phi) is 6.23. The lowest BCUT2D eigenvalue weighted by atomic mass is 10.2. The van der Waals surface area contributed by atoms with Crippen LogP contribution >= 0.6 is 0 Å². The number of piperazine rings is 2. The summed E-state index contributed by atoms with van der Waals surface area (Å²) in [6.07, 6.45) is 0.463. The van der Waals surface area contributed by atoms with E-state index in [-0.39, 0.29) is 10.8 Å². The van der Waals surface area contributed by atoms with Gasteiger partial charge in [0.1, 0.15) is 5.82 Å². The van der Waals surface area contributed by atoms with Crippen molar-refractivity contribution in [3.63, 3.8) is 0 Å². The van der Waals surface area contributed by atoms with E-state index in [2.05, 4.69) is 10.2 Å². The molecule has 0 bridgehead atoms. The number of carbonyl (C=O) groups excluding carboxylic acids is 1. The molecular formula is C17H25FN4O3S. The van der Waals surface area contributed by atoms with Gasteiger partial charge < -0.3 is 15.1 Å². The van der Waals surface area contributed by atoms with Gasteiger partial charge in [0.25, 0.3) is 0 Å². The number of rotatable bonds is 5. The van der Waals surface area contributed by atoms with E-state index in [0.717, 1.165) is 38.3 Å². The zero-order valence-electron chi connectivity index (χ0n) is 14.7. The van der Waals surface area contributed by atoms with E-state index in [4.69, 9.17) is 0 Å². The summed E-state index contributed by atoms with van der Waals surface area (Å²) < 4.78 is 39.6. The van der Waals surface area contributed by atoms with Crippen LogP contribution in [0, 0.1) is 5.82 Å². The van der Waals surface area contributed by atoms with E-state index < -0.39 is 15.8 Å². The first-order chi connectivity index (χ1) is 12.5. The van der Waals surface area contributed by atoms with Crippen molar-refractivity contribution in [1.29, 1.82) is 0 Å². The van der Waals surface area contributed by atoms with Gasteiger partial charge in [-0.1, -0.05) is 0 Å². The van der Waals surface area contributed by atoms with Crippen molar-refractivity contribution >= 4 is 15.9 Å². The first-order valence-corrected chi connectivity index (χ1v) is 10.4. The number of benzene rings is 1. The lowest BCUT2D eigenvalue weighted by molar-refractivity contribution is -0.132. The second-order valence-corrected chi connectivity index (χ2v) is 8.52. The molecule has 2 aliphatic heterocycles. The summed E-state index contributed by atoms with van der Waals surface area (Å²) in [6.45, 7) is 5.77. The highest BCUT2D eigenvalue weighted by Crippen LogP contribution is 2.18. The lowest BCUT2D eigenvalue weighted by Crippen LogP contribution is -2.50. The molecule has 144 valence electrons. The monoisotopic (exact) mass is 384 g/mol. The molecule has 1 N–H and O–H groups in total. The van der Waals surface area contributed by atoms with Gasteiger partial charge in [0, 0.05) is 65.3 Å². The lowest BCUT2D eigenvalue weighted by Gasteiger charge is -2.34. The summed E-state index contributed by atoms with van der Waals surface area (Å²) in [5.41, 5.74) is 0. The summed E-state index contributed by atoms with van der Waals surface area (Å²) in [5.74, 6) is -0.296. The molecule has 1 aromatic rings. The van der Waals surface area contributed by atoms with Gasteiger partial charge in [-0.15, -0.1) is 0 Å². The fourth-order valence-electron chi connectivity index (χ4n) is 3.28. The van der Waals surface area contributed by atoms with Crippen molar-refractivity contribution in [2.24, 2.45) is 0 Å². The highest BCUT2D eigenvalue weighted by molar-refractivity contribution is 7.89. The molecule has 1 aromatic carbocycles. The van der Waals surface area contributed by atoms with E-state index in [1.165, 1.54) is 16.4 Å². The van der Waals surface area contributed by atoms with Crippen LogP contribution in [0.15, 0.2) is 29.2 Å². The molecule has 0 radical (unpaired) electrons. The third-order valence-electron chi connectivity index (χ3n) is 4.89. The molecule has 26 heavy (non-hydrogen) atoms. The number of nitrogens with one attached hydrogen (secondary N) is 1. The molecule has 1 amide bonds. The van der Waals surface area contributed by atoms with Gasteiger partial charge in [-0.2, -0.15) is 4.31 Å². The Bertz CT molecular complexity index is 712. The van der Waals surface area contributed by atoms with Crippen LogP contribution in [0.3, 0.4) is 0 Å². The quantitative estimate of drug-likeness (QED) is 0.771. The zero-order chi connectivity index (χ0) is 18.6. The molecule has 0 atom stereocenters. The maximum atomic E-state index is 13.0. The Morgan fingerprint density at radius 3 is 2.23 bits per heavy atom. The van der Waals surface area contributed by atoms with Gasteiger partial charge in [-0.3, -0.25) is 4.79 Å². The fraction of sp³-hybridized carbons (Fsp3) is 0.588. The predicted octanol–water partition coefficient (Wildman–Crippen LogP) is -0.0461. The van der Waals surface area contributed by atoms with Gasteiger partial charge >= 0.3 is 0 Å². The van der Waals surface area contributed by atoms with E-state index >= 15 is 0 Å². The van der Waals surface area contributed by atoms with Gasteiger partial charge in [0.2, 0.25) is 15.9 Å². The number of hydrogen-bond acceptors (Lipinski definition) is 5. The number of carbonyl (C=O) groups is 1. The molecule has 2 saturated heterocycles. The maximum Gasteiger partial charge on any atom is 0.243 e. The molecule has 0 spiro atoms. The van der Waals surface area contributed by atoms with E-state index in [9.17, 15) is 17.6 Å². The molecule has 0 aliphatic carbocycles. The third kappa shape index (κ3) is 4.59. The highest BCUT2D eigenvalue weighted by atomic mass is 32.2. The Morgan fingerprint density at radius 2 is 1.62 bits per heavy atom. The van der Waals surface area contributed by atoms with Gasteiger partial charge in [-0.25, -0.2) is 12.8 Å². The Morgan fingerprint density at radius 1 is 1.00 bits per heavy atom. The number of hydrogen-bond donors (Lipinski definition) is 1. The molecule has 2 heterocycles. The number of sulfonamides is 1. The van der Waals surface area contributed by atoms with Crippen molar-refractivity contribution in [1.82, 2.24) is 19.4 Å². The minimum atomic E-state index is -3.59. The van der Waals surface area contributed by atoms with Crippen molar-refractivity contribution in [2.45, 2.75) is 11.3 Å². The van der Waals surface area contributed by atoms with Crippen LogP contribution in [0.5, 0.6) is 0 Å². The zero-order valence-corrected chi connectivity index (χ0v) is 15.5. The Labute approximate surface area is 153 Å². The summed E-state index contributed by atoms with van der Waals surface area (Å²) in [5, 5.41) is 3.22. The van der Waals surface area contributed by atoms with Crippen molar-refractivity contribution in [2.75, 3.05) is 58.9 Å². The Hall–Kier alpha value is -1.55. The standard InChI is InChI=1S/C17H25FN4O3S/c18-15-1-3-16(4-2-15)26(24,25)22-13-11-20(12-14-22)8-5-17(23)21-9-6-19-7-10-21/h1-4,19H,5-14H2. The fourth-order valence-corrected chi connectivity index (χ4v) is 4.70. The van der Waals surface area contributed by atoms with Crippen LogP contribution in [-0.4, -0.2) is 87.3 Å². The number of nitrogens with zero attached hydrogens (tertiary/aromatic N) is 3. The third-order valence-corrected chi connectivity index (χ3v) is 6.81. The van der Waals surface area contributed by atoms with Crippen molar-refractivity contribution < 1.29 is 17.6 Å². The van der Waals surface area contributed by atoms with Crippen molar-refractivity contribution in [3.8, 4) is 0 Å². The van der Waals surface area contributed by atoms with E-state index in [1.807, 2.05) is 4.90 Å². The average Bonchev–Trinajstić information content (AvgIpc) is 2.67. The maximum absolute atomic E-state index is 13.0. The van der Waals surface area contributed by atoms with Crippen LogP contribution in [-0.2, 0) is 14.8 Å². The molecule has 7 nitrogen and oxygen atoms in total. The minimum Gasteiger partial charge on any atom is -0.340 e. The van der Waals surface area contributed by atoms with E-state index in [0.29, 0.717) is 39.1 Å². The van der Waals surface area contributed by atoms with Crippen LogP contribution in [0.2, 0.25) is 0 Å². The summed E-state index contributed by atoms with van der Waals surface area (Å²) >= 11 is 0. The topological polar surface area (TPSA) is 73.0 Å². The number of amides is 1. The SMILES string of the molecule is O=C(CCN1CCN(S(=O)(=O)c2ccc(F)cc2)CC1)N1CCNCC1. The van der Waals surface area contributed by atoms with Crippen LogP contribution in [0.4, 0.5) is 4.39 Å². The smallest absolute Gasteiger partial charge is 0.243 e. The molecule has 0 aromatic heterocycles. The normalized spacial score (nSPS) is 20.3. The van der Waals surface area contributed by atoms with Crippen LogP contribution < -0.4 is 5.32 Å². The van der Waals surface area contributed by atoms with Crippen molar-refractivity contribution in [3.05, 3.63) is 30.1 Å². The number of halogens is 1. The summed E-state index contributed by atoms with van der Waals surface area (Å²) in [6, 6.07) is 4.90. The predicted molar refractivity (Wildman–Crippen MR) is 95.7 cm³/mol. The molecule has 3 rings (SSSR count). The summed E-state index contributed by atoms with van der Waals surface area (Å²) in [7, 11) is -3.59. The molecule has 0 saturated carbocycles. The molecule has 2 aliphatic rings. The molecule has 9 heteroatoms. The molecule has 2 fully saturated rings. The Balaban J connectivity index is 1.47. The van der Waals surface area contributed by atoms with Crippen LogP contribution in [0.25, 0.3) is 0 Å². The van der Waals surface area contributed by atoms with E-state index in [1.54, 1.807) is 0 Å². The first-order valence-electron chi connectivity index (χ1n) is 8.93. The van der Waals surface area contributed by atoms with Gasteiger partial charge in [-0.05, 0) is 24.3 Å². The summed E-state index contributed by atoms with van der Waals surface area (Å²) in [4.78, 5) is 16.3. The van der Waals surface area contributed by atoms with Crippen LogP contribution in [0.1, 0.15) is 6.42 Å². The first kappa shape index (κ1) is 19.2. The molecular weight excluding hydrogens is 359 g/mol. The van der Waals surface area contributed by atoms with Gasteiger partial charge in [0.05, 0.1) is 4.90 Å². The molecule has 0 unspecified atom stereocenters. The average molecular weight is 384 g/mol. The minimum absolute atomic E-state index is 0.112. The largest absolute Gasteiger partial charge is 0.340 e. The van der Waals surface area contributed by atoms with Gasteiger partial charge in [0.15, 0.2) is 0 Å².